The number of rotatable bonds is 6. The number of benzene rings is 2. The summed E-state index contributed by atoms with van der Waals surface area (Å²) in [6, 6.07) is 17.3. The van der Waals surface area contributed by atoms with Gasteiger partial charge in [-0.25, -0.2) is 8.42 Å². The molecule has 0 heterocycles. The predicted molar refractivity (Wildman–Crippen MR) is 75.5 cm³/mol. The molecular formula is C12H10O4S3. The molecule has 0 aliphatic carbocycles. The Kier molecular flexibility index (Phi) is 5.74. The summed E-state index contributed by atoms with van der Waals surface area (Å²) in [5.74, 6) is 0. The minimum absolute atomic E-state index is 0.459. The van der Waals surface area contributed by atoms with Gasteiger partial charge in [0.15, 0.2) is 12.3 Å². The Balaban J connectivity index is 1.81. The smallest absolute Gasteiger partial charge is 0.202 e. The van der Waals surface area contributed by atoms with E-state index in [2.05, 4.69) is 0 Å². The fraction of sp³-hybridized carbons (Fsp3) is 0. The van der Waals surface area contributed by atoms with Crippen molar-refractivity contribution >= 4 is 34.5 Å². The number of hydrogen-bond acceptors (Lipinski definition) is 5. The molecule has 0 bridgehead atoms. The zero-order chi connectivity index (χ0) is 13.5. The maximum atomic E-state index is 11.7. The molecule has 0 saturated heterocycles. The fourth-order valence-corrected chi connectivity index (χ4v) is 3.29. The quantitative estimate of drug-likeness (QED) is 0.767. The van der Waals surface area contributed by atoms with E-state index in [1.54, 1.807) is 48.5 Å². The van der Waals surface area contributed by atoms with Crippen molar-refractivity contribution in [1.29, 1.82) is 0 Å². The highest BCUT2D eigenvalue weighted by Crippen LogP contribution is 2.18. The Morgan fingerprint density at radius 1 is 0.684 bits per heavy atom. The van der Waals surface area contributed by atoms with Crippen LogP contribution in [0.4, 0.5) is 0 Å². The second kappa shape index (κ2) is 7.56. The average molecular weight is 314 g/mol. The third kappa shape index (κ3) is 4.55. The topological polar surface area (TPSA) is 52.6 Å². The van der Waals surface area contributed by atoms with E-state index in [4.69, 9.17) is 7.26 Å². The largest absolute Gasteiger partial charge is 0.223 e. The first-order chi connectivity index (χ1) is 9.27. The van der Waals surface area contributed by atoms with Crippen LogP contribution in [0.15, 0.2) is 70.5 Å². The number of hydrogen-bond donors (Lipinski definition) is 0. The van der Waals surface area contributed by atoms with Crippen LogP contribution in [0.5, 0.6) is 0 Å². The van der Waals surface area contributed by atoms with Gasteiger partial charge in [-0.1, -0.05) is 36.4 Å². The van der Waals surface area contributed by atoms with Crippen LogP contribution in [-0.2, 0) is 29.4 Å². The maximum absolute atomic E-state index is 11.7. The molecule has 0 fully saturated rings. The lowest BCUT2D eigenvalue weighted by Crippen LogP contribution is -1.95. The van der Waals surface area contributed by atoms with E-state index < -0.39 is 22.2 Å². The molecule has 0 saturated carbocycles. The first-order valence-electron chi connectivity index (χ1n) is 5.23. The van der Waals surface area contributed by atoms with Crippen LogP contribution in [0, 0.1) is 0 Å². The van der Waals surface area contributed by atoms with Gasteiger partial charge in [-0.3, -0.25) is 0 Å². The molecule has 2 unspecified atom stereocenters. The summed E-state index contributed by atoms with van der Waals surface area (Å²) in [4.78, 5) is 1.04. The molecule has 0 aromatic heterocycles. The van der Waals surface area contributed by atoms with Crippen molar-refractivity contribution in [2.45, 2.75) is 9.79 Å². The third-order valence-electron chi connectivity index (χ3n) is 2.05. The van der Waals surface area contributed by atoms with Gasteiger partial charge >= 0.3 is 0 Å². The summed E-state index contributed by atoms with van der Waals surface area (Å²) in [5, 5.41) is 0. The van der Waals surface area contributed by atoms with Crippen molar-refractivity contribution in [3.8, 4) is 0 Å². The lowest BCUT2D eigenvalue weighted by molar-refractivity contribution is 0.552. The lowest BCUT2D eigenvalue weighted by atomic mass is 10.4. The van der Waals surface area contributed by atoms with Crippen molar-refractivity contribution in [2.24, 2.45) is 0 Å². The molecule has 19 heavy (non-hydrogen) atoms. The van der Waals surface area contributed by atoms with Gasteiger partial charge in [-0.05, 0) is 24.3 Å². The molecule has 0 spiro atoms. The van der Waals surface area contributed by atoms with Gasteiger partial charge in [-0.15, -0.1) is 0 Å². The summed E-state index contributed by atoms with van der Waals surface area (Å²) in [7, 11) is 0. The van der Waals surface area contributed by atoms with Gasteiger partial charge in [-0.2, -0.15) is 7.26 Å². The minimum atomic E-state index is -1.65. The van der Waals surface area contributed by atoms with E-state index >= 15 is 0 Å². The maximum Gasteiger partial charge on any atom is 0.202 e. The van der Waals surface area contributed by atoms with Crippen LogP contribution < -0.4 is 0 Å². The highest BCUT2D eigenvalue weighted by molar-refractivity contribution is 8.04. The molecule has 7 heteroatoms. The lowest BCUT2D eigenvalue weighted by Gasteiger charge is -2.02. The summed E-state index contributed by atoms with van der Waals surface area (Å²) in [6.07, 6.45) is 0. The Hall–Kier alpha value is -0.990. The van der Waals surface area contributed by atoms with Crippen molar-refractivity contribution in [3.05, 3.63) is 60.7 Å². The van der Waals surface area contributed by atoms with Crippen LogP contribution in [0.3, 0.4) is 0 Å². The summed E-state index contributed by atoms with van der Waals surface area (Å²) < 4.78 is 33.1. The van der Waals surface area contributed by atoms with Crippen molar-refractivity contribution < 1.29 is 15.7 Å². The molecule has 0 amide bonds. The summed E-state index contributed by atoms with van der Waals surface area (Å²) in [6.45, 7) is 0. The molecule has 0 aliphatic rings. The Labute approximate surface area is 120 Å². The summed E-state index contributed by atoms with van der Waals surface area (Å²) in [5.41, 5.74) is 0. The Morgan fingerprint density at radius 3 is 1.42 bits per heavy atom. The van der Waals surface area contributed by atoms with Crippen LogP contribution in [0.2, 0.25) is 0 Å². The van der Waals surface area contributed by atoms with Crippen molar-refractivity contribution in [2.75, 3.05) is 0 Å². The highest BCUT2D eigenvalue weighted by Gasteiger charge is 2.09. The molecule has 0 radical (unpaired) electrons. The van der Waals surface area contributed by atoms with E-state index in [1.165, 1.54) is 0 Å². The van der Waals surface area contributed by atoms with Gasteiger partial charge < -0.3 is 0 Å². The van der Waals surface area contributed by atoms with Crippen LogP contribution >= 0.6 is 12.3 Å². The molecule has 0 N–H and O–H groups in total. The van der Waals surface area contributed by atoms with Gasteiger partial charge in [0.25, 0.3) is 0 Å². The molecule has 2 aromatic rings. The monoisotopic (exact) mass is 314 g/mol. The molecule has 0 aliphatic heterocycles. The normalized spacial score (nSPS) is 13.9. The van der Waals surface area contributed by atoms with Crippen molar-refractivity contribution in [1.82, 2.24) is 0 Å². The van der Waals surface area contributed by atoms with Gasteiger partial charge in [0.2, 0.25) is 22.2 Å². The second-order valence-electron chi connectivity index (χ2n) is 3.30. The van der Waals surface area contributed by atoms with E-state index in [1.807, 2.05) is 12.1 Å². The highest BCUT2D eigenvalue weighted by atomic mass is 32.3. The predicted octanol–water partition coefficient (Wildman–Crippen LogP) is 3.03. The summed E-state index contributed by atoms with van der Waals surface area (Å²) >= 11 is -2.85. The van der Waals surface area contributed by atoms with Crippen LogP contribution in [0.25, 0.3) is 0 Å². The Bertz CT molecular complexity index is 508. The SMILES string of the molecule is O=S(OSOS(=O)c1ccccc1)c1ccccc1. The zero-order valence-corrected chi connectivity index (χ0v) is 12.1. The molecular weight excluding hydrogens is 304 g/mol. The second-order valence-corrected chi connectivity index (χ2v) is 6.41. The van der Waals surface area contributed by atoms with Crippen LogP contribution in [-0.4, -0.2) is 8.42 Å². The van der Waals surface area contributed by atoms with Gasteiger partial charge in [0.1, 0.15) is 0 Å². The Morgan fingerprint density at radius 2 is 1.05 bits per heavy atom. The van der Waals surface area contributed by atoms with E-state index in [-0.39, 0.29) is 0 Å². The molecule has 2 atom stereocenters. The average Bonchev–Trinajstić information content (AvgIpc) is 2.49. The molecule has 2 aromatic carbocycles. The third-order valence-corrected chi connectivity index (χ3v) is 4.80. The first kappa shape index (κ1) is 14.4. The molecule has 2 rings (SSSR count). The fourth-order valence-electron chi connectivity index (χ4n) is 1.20. The van der Waals surface area contributed by atoms with E-state index in [9.17, 15) is 8.42 Å². The molecule has 4 nitrogen and oxygen atoms in total. The standard InChI is InChI=1S/C12H10O4S3/c13-18(11-7-3-1-4-8-11)15-17-16-19(14)12-9-5-2-6-10-12/h1-10H. The van der Waals surface area contributed by atoms with Gasteiger partial charge in [0, 0.05) is 0 Å². The van der Waals surface area contributed by atoms with Crippen LogP contribution in [0.1, 0.15) is 0 Å². The zero-order valence-electron chi connectivity index (χ0n) is 9.63. The first-order valence-corrected chi connectivity index (χ1v) is 8.05. The van der Waals surface area contributed by atoms with Gasteiger partial charge in [0.05, 0.1) is 9.79 Å². The van der Waals surface area contributed by atoms with E-state index in [0.29, 0.717) is 22.1 Å². The molecule has 100 valence electrons. The van der Waals surface area contributed by atoms with E-state index in [0.717, 1.165) is 0 Å². The minimum Gasteiger partial charge on any atom is -0.223 e. The van der Waals surface area contributed by atoms with Crippen molar-refractivity contribution in [3.63, 3.8) is 0 Å².